The van der Waals surface area contributed by atoms with Gasteiger partial charge in [-0.05, 0) is 19.8 Å². The van der Waals surface area contributed by atoms with E-state index in [1.165, 1.54) is 5.56 Å². The smallest absolute Gasteiger partial charge is 0.269 e. The lowest BCUT2D eigenvalue weighted by molar-refractivity contribution is 0.111. The van der Waals surface area contributed by atoms with E-state index in [2.05, 4.69) is 22.0 Å². The van der Waals surface area contributed by atoms with Crippen molar-refractivity contribution in [3.63, 3.8) is 0 Å². The number of ether oxygens (including phenoxy) is 1. The molecule has 1 saturated heterocycles. The van der Waals surface area contributed by atoms with Gasteiger partial charge in [-0.2, -0.15) is 4.98 Å². The van der Waals surface area contributed by atoms with Crippen LogP contribution in [0.3, 0.4) is 0 Å². The lowest BCUT2D eigenvalue weighted by Gasteiger charge is -2.02. The SMILES string of the molecule is Cc1ccc(-c2noc(-c3cnc(C4CCCO4)s3)n2)cc1. The van der Waals surface area contributed by atoms with Gasteiger partial charge in [-0.3, -0.25) is 0 Å². The molecule has 112 valence electrons. The molecule has 5 nitrogen and oxygen atoms in total. The van der Waals surface area contributed by atoms with Crippen LogP contribution in [0.2, 0.25) is 0 Å². The number of aryl methyl sites for hydroxylation is 1. The van der Waals surface area contributed by atoms with Crippen LogP contribution in [-0.2, 0) is 4.74 Å². The highest BCUT2D eigenvalue weighted by molar-refractivity contribution is 7.15. The fraction of sp³-hybridized carbons (Fsp3) is 0.312. The molecule has 3 aromatic rings. The molecular weight excluding hydrogens is 298 g/mol. The fourth-order valence-corrected chi connectivity index (χ4v) is 3.37. The Morgan fingerprint density at radius 3 is 2.86 bits per heavy atom. The normalized spacial score (nSPS) is 18.0. The zero-order valence-electron chi connectivity index (χ0n) is 12.2. The Hall–Kier alpha value is -2.05. The van der Waals surface area contributed by atoms with E-state index >= 15 is 0 Å². The first-order valence-corrected chi connectivity index (χ1v) is 8.10. The maximum Gasteiger partial charge on any atom is 0.269 e. The summed E-state index contributed by atoms with van der Waals surface area (Å²) in [6.45, 7) is 2.87. The highest BCUT2D eigenvalue weighted by Gasteiger charge is 2.22. The number of benzene rings is 1. The summed E-state index contributed by atoms with van der Waals surface area (Å²) in [7, 11) is 0. The van der Waals surface area contributed by atoms with Crippen molar-refractivity contribution in [3.05, 3.63) is 41.0 Å². The molecule has 4 rings (SSSR count). The molecule has 2 aromatic heterocycles. The predicted molar refractivity (Wildman–Crippen MR) is 83.5 cm³/mol. The summed E-state index contributed by atoms with van der Waals surface area (Å²) in [6.07, 6.45) is 4.04. The Bertz CT molecular complexity index is 773. The van der Waals surface area contributed by atoms with E-state index in [0.717, 1.165) is 34.9 Å². The van der Waals surface area contributed by atoms with Crippen LogP contribution >= 0.6 is 11.3 Å². The minimum atomic E-state index is 0.123. The van der Waals surface area contributed by atoms with Gasteiger partial charge in [0.1, 0.15) is 16.0 Å². The van der Waals surface area contributed by atoms with Crippen LogP contribution < -0.4 is 0 Å². The monoisotopic (exact) mass is 313 g/mol. The molecule has 0 radical (unpaired) electrons. The van der Waals surface area contributed by atoms with Crippen LogP contribution in [0.4, 0.5) is 0 Å². The van der Waals surface area contributed by atoms with Gasteiger partial charge in [0.25, 0.3) is 5.89 Å². The average Bonchev–Trinajstić information content (AvgIpc) is 3.27. The van der Waals surface area contributed by atoms with Crippen molar-refractivity contribution in [1.82, 2.24) is 15.1 Å². The molecule has 22 heavy (non-hydrogen) atoms. The molecule has 1 aliphatic heterocycles. The minimum Gasteiger partial charge on any atom is -0.371 e. The maximum atomic E-state index is 5.66. The molecule has 0 amide bonds. The van der Waals surface area contributed by atoms with Crippen LogP contribution in [0, 0.1) is 6.92 Å². The van der Waals surface area contributed by atoms with Crippen LogP contribution in [-0.4, -0.2) is 21.7 Å². The van der Waals surface area contributed by atoms with Crippen molar-refractivity contribution in [1.29, 1.82) is 0 Å². The van der Waals surface area contributed by atoms with Crippen molar-refractivity contribution in [2.45, 2.75) is 25.9 Å². The van der Waals surface area contributed by atoms with E-state index < -0.39 is 0 Å². The summed E-state index contributed by atoms with van der Waals surface area (Å²) in [4.78, 5) is 9.79. The number of rotatable bonds is 3. The summed E-state index contributed by atoms with van der Waals surface area (Å²) in [5, 5.41) is 5.05. The third kappa shape index (κ3) is 2.55. The number of hydrogen-bond donors (Lipinski definition) is 0. The molecule has 0 N–H and O–H groups in total. The molecule has 0 spiro atoms. The van der Waals surface area contributed by atoms with Gasteiger partial charge in [0.2, 0.25) is 5.82 Å². The largest absolute Gasteiger partial charge is 0.371 e. The molecule has 1 unspecified atom stereocenters. The van der Waals surface area contributed by atoms with Gasteiger partial charge < -0.3 is 9.26 Å². The second-order valence-corrected chi connectivity index (χ2v) is 6.42. The van der Waals surface area contributed by atoms with Gasteiger partial charge in [0.05, 0.1) is 6.20 Å². The van der Waals surface area contributed by atoms with Crippen LogP contribution in [0.1, 0.15) is 29.5 Å². The van der Waals surface area contributed by atoms with Crippen molar-refractivity contribution in [2.24, 2.45) is 0 Å². The van der Waals surface area contributed by atoms with Crippen LogP contribution in [0.15, 0.2) is 35.0 Å². The second kappa shape index (κ2) is 5.62. The quantitative estimate of drug-likeness (QED) is 0.731. The predicted octanol–water partition coefficient (Wildman–Crippen LogP) is 4.02. The topological polar surface area (TPSA) is 61.0 Å². The Labute approximate surface area is 132 Å². The van der Waals surface area contributed by atoms with Gasteiger partial charge in [0, 0.05) is 12.2 Å². The molecule has 0 bridgehead atoms. The van der Waals surface area contributed by atoms with Gasteiger partial charge in [-0.1, -0.05) is 35.0 Å². The molecule has 1 aliphatic rings. The van der Waals surface area contributed by atoms with Crippen LogP contribution in [0.5, 0.6) is 0 Å². The number of thiazole rings is 1. The fourth-order valence-electron chi connectivity index (χ4n) is 2.45. The number of aromatic nitrogens is 3. The maximum absolute atomic E-state index is 5.66. The Balaban J connectivity index is 1.59. The van der Waals surface area contributed by atoms with Gasteiger partial charge in [0.15, 0.2) is 0 Å². The summed E-state index contributed by atoms with van der Waals surface area (Å²) < 4.78 is 11.0. The molecule has 1 aromatic carbocycles. The van der Waals surface area contributed by atoms with Crippen molar-refractivity contribution >= 4 is 11.3 Å². The Morgan fingerprint density at radius 2 is 2.09 bits per heavy atom. The van der Waals surface area contributed by atoms with E-state index in [1.54, 1.807) is 17.5 Å². The highest BCUT2D eigenvalue weighted by Crippen LogP contribution is 2.35. The van der Waals surface area contributed by atoms with Crippen molar-refractivity contribution < 1.29 is 9.26 Å². The van der Waals surface area contributed by atoms with Gasteiger partial charge in [-0.25, -0.2) is 4.98 Å². The molecule has 3 heterocycles. The van der Waals surface area contributed by atoms with E-state index in [0.29, 0.717) is 11.7 Å². The minimum absolute atomic E-state index is 0.123. The average molecular weight is 313 g/mol. The lowest BCUT2D eigenvalue weighted by atomic mass is 10.1. The first-order chi connectivity index (χ1) is 10.8. The van der Waals surface area contributed by atoms with Crippen molar-refractivity contribution in [3.8, 4) is 22.2 Å². The number of nitrogens with zero attached hydrogens (tertiary/aromatic N) is 3. The molecule has 0 aliphatic carbocycles. The van der Waals surface area contributed by atoms with Gasteiger partial charge in [-0.15, -0.1) is 11.3 Å². The summed E-state index contributed by atoms with van der Waals surface area (Å²) in [5.41, 5.74) is 2.15. The third-order valence-electron chi connectivity index (χ3n) is 3.68. The molecule has 1 fully saturated rings. The van der Waals surface area contributed by atoms with Crippen LogP contribution in [0.25, 0.3) is 22.2 Å². The Morgan fingerprint density at radius 1 is 1.23 bits per heavy atom. The van der Waals surface area contributed by atoms with E-state index in [-0.39, 0.29) is 6.10 Å². The molecular formula is C16H15N3O2S. The standard InChI is InChI=1S/C16H15N3O2S/c1-10-4-6-11(7-5-10)14-18-15(21-19-14)13-9-17-16(22-13)12-3-2-8-20-12/h4-7,9,12H,2-3,8H2,1H3. The lowest BCUT2D eigenvalue weighted by Crippen LogP contribution is -1.93. The van der Waals surface area contributed by atoms with Gasteiger partial charge >= 0.3 is 0 Å². The summed E-state index contributed by atoms with van der Waals surface area (Å²) in [5.74, 6) is 1.11. The second-order valence-electron chi connectivity index (χ2n) is 5.35. The molecule has 0 saturated carbocycles. The molecule has 1 atom stereocenters. The first kappa shape index (κ1) is 13.6. The molecule has 6 heteroatoms. The zero-order chi connectivity index (χ0) is 14.9. The third-order valence-corrected chi connectivity index (χ3v) is 4.75. The highest BCUT2D eigenvalue weighted by atomic mass is 32.1. The number of hydrogen-bond acceptors (Lipinski definition) is 6. The van der Waals surface area contributed by atoms with E-state index in [9.17, 15) is 0 Å². The summed E-state index contributed by atoms with van der Waals surface area (Å²) >= 11 is 1.56. The van der Waals surface area contributed by atoms with Crippen molar-refractivity contribution in [2.75, 3.05) is 6.61 Å². The first-order valence-electron chi connectivity index (χ1n) is 7.28. The van der Waals surface area contributed by atoms with E-state index in [1.807, 2.05) is 24.3 Å². The van der Waals surface area contributed by atoms with E-state index in [4.69, 9.17) is 9.26 Å². The zero-order valence-corrected chi connectivity index (χ0v) is 13.0. The Kier molecular flexibility index (Phi) is 3.48. The summed E-state index contributed by atoms with van der Waals surface area (Å²) in [6, 6.07) is 8.06.